The molecule has 0 aromatic heterocycles. The molecule has 96 heavy (non-hydrogen) atoms. The van der Waals surface area contributed by atoms with Gasteiger partial charge < -0.3 is 46.5 Å². The fourth-order valence-electron chi connectivity index (χ4n) is 19.1. The summed E-state index contributed by atoms with van der Waals surface area (Å²) in [5.41, 5.74) is 21.3. The highest BCUT2D eigenvalue weighted by Crippen LogP contribution is 2.60. The van der Waals surface area contributed by atoms with Crippen molar-refractivity contribution in [3.63, 3.8) is 0 Å². The zero-order chi connectivity index (χ0) is 66.8. The molecule has 502 valence electrons. The standard InChI is InChI=1S/C82H93N3O10S/c1-48(2)36-76(89)69-32-25-53-13-7-8-15-66(53)71(69)44-75(88)54-20-18-52(19-21-54)58-24-26-61-29-35-73(74(81(61,90)46-58)38-50-10-5-4-6-11-50)82(85-80(83)84)62-27-22-55(23-28-62)78-59-39-60(79-68-33-30-63(87)40-56(68)14-9-12-51(47-86)37-65(42-59)94-79)43-72(78)77(96(91,92)93)45-70-49(3)16-17-57-41-64(95-82)31-34-67(57)70/h4-8,10-11,13,15,18-23,25,27-28,30-34,40-41,43,48-49,51,58-59,61,65,70,72-79,86-90H,12,16-17,24,26,29,35-39,42,44-47H2,1-3H3,(H4,83,84,85)(H,91,92,93). The van der Waals surface area contributed by atoms with Crippen LogP contribution in [0.1, 0.15) is 195 Å². The summed E-state index contributed by atoms with van der Waals surface area (Å²) in [4.78, 5) is 5.38. The van der Waals surface area contributed by atoms with Crippen LogP contribution in [-0.2, 0) is 39.8 Å². The first-order valence-electron chi connectivity index (χ1n) is 35.2. The van der Waals surface area contributed by atoms with Crippen LogP contribution in [0, 0.1) is 59.2 Å². The van der Waals surface area contributed by atoms with E-state index in [0.29, 0.717) is 87.5 Å². The van der Waals surface area contributed by atoms with Crippen molar-refractivity contribution in [2.75, 3.05) is 6.61 Å². The number of nitrogens with zero attached hydrogens (tertiary/aromatic N) is 1. The summed E-state index contributed by atoms with van der Waals surface area (Å²) in [5, 5.41) is 60.4. The van der Waals surface area contributed by atoms with E-state index >= 15 is 0 Å². The lowest BCUT2D eigenvalue weighted by molar-refractivity contribution is -0.177. The molecule has 4 aliphatic carbocycles. The molecule has 10 bridgehead atoms. The van der Waals surface area contributed by atoms with E-state index in [2.05, 4.69) is 105 Å². The second-order valence-corrected chi connectivity index (χ2v) is 31.6. The number of fused-ring (bicyclic) bond motifs is 10. The number of aliphatic hydroxyl groups is 4. The summed E-state index contributed by atoms with van der Waals surface area (Å²) in [5.74, 6) is 4.59. The Labute approximate surface area is 565 Å². The van der Waals surface area contributed by atoms with Gasteiger partial charge in [0.1, 0.15) is 17.6 Å². The number of allylic oxidation sites excluding steroid dienone is 1. The number of hydrogen-bond donors (Lipinski definition) is 8. The van der Waals surface area contributed by atoms with Crippen LogP contribution in [0.25, 0.3) is 10.8 Å². The second-order valence-electron chi connectivity index (χ2n) is 30.0. The minimum absolute atomic E-state index is 0.0273. The summed E-state index contributed by atoms with van der Waals surface area (Å²) < 4.78 is 56.1. The van der Waals surface area contributed by atoms with Crippen LogP contribution < -0.4 is 16.2 Å². The molecule has 7 aromatic carbocycles. The molecule has 10 N–H and O–H groups in total. The maximum atomic E-state index is 14.6. The van der Waals surface area contributed by atoms with Crippen molar-refractivity contribution in [3.8, 4) is 23.3 Å². The zero-order valence-corrected chi connectivity index (χ0v) is 56.2. The number of hydrogen-bond acceptors (Lipinski definition) is 10. The number of ether oxygens (including phenoxy) is 2. The third kappa shape index (κ3) is 12.8. The van der Waals surface area contributed by atoms with Crippen LogP contribution in [0.5, 0.6) is 11.5 Å². The molecule has 5 heterocycles. The van der Waals surface area contributed by atoms with E-state index in [-0.39, 0.29) is 72.3 Å². The normalized spacial score (nSPS) is 30.7. The van der Waals surface area contributed by atoms with Crippen molar-refractivity contribution in [2.24, 2.45) is 63.8 Å². The minimum Gasteiger partial charge on any atom is -0.508 e. The Morgan fingerprint density at radius 2 is 1.55 bits per heavy atom. The first kappa shape index (κ1) is 65.9. The van der Waals surface area contributed by atoms with Crippen LogP contribution in [-0.4, -0.2) is 68.0 Å². The van der Waals surface area contributed by atoms with Crippen molar-refractivity contribution in [1.29, 1.82) is 0 Å². The molecule has 0 spiro atoms. The molecule has 2 saturated carbocycles. The van der Waals surface area contributed by atoms with Gasteiger partial charge in [0.05, 0.1) is 29.2 Å². The van der Waals surface area contributed by atoms with Crippen molar-refractivity contribution >= 4 is 26.9 Å². The van der Waals surface area contributed by atoms with Crippen LogP contribution in [0.15, 0.2) is 168 Å². The van der Waals surface area contributed by atoms with Crippen LogP contribution in [0.4, 0.5) is 0 Å². The molecule has 16 rings (SSSR count). The summed E-state index contributed by atoms with van der Waals surface area (Å²) in [6, 6.07) is 50.4. The van der Waals surface area contributed by atoms with E-state index in [1.807, 2.05) is 72.8 Å². The molecular formula is C82H93N3O10S. The second kappa shape index (κ2) is 26.8. The van der Waals surface area contributed by atoms with Crippen molar-refractivity contribution < 1.29 is 48.0 Å². The molecule has 9 aliphatic rings. The predicted molar refractivity (Wildman–Crippen MR) is 375 cm³/mol. The van der Waals surface area contributed by atoms with Gasteiger partial charge in [-0.3, -0.25) is 4.55 Å². The number of aromatic hydroxyl groups is 1. The highest BCUT2D eigenvalue weighted by Gasteiger charge is 2.60. The molecule has 7 aromatic rings. The van der Waals surface area contributed by atoms with Gasteiger partial charge in [-0.1, -0.05) is 166 Å². The molecule has 1 saturated heterocycles. The maximum absolute atomic E-state index is 14.6. The smallest absolute Gasteiger partial charge is 0.268 e. The third-order valence-corrected chi connectivity index (χ3v) is 25.0. The fourth-order valence-corrected chi connectivity index (χ4v) is 20.2. The molecule has 17 unspecified atom stereocenters. The molecule has 0 radical (unpaired) electrons. The molecular weight excluding hydrogens is 1220 g/mol. The lowest BCUT2D eigenvalue weighted by atomic mass is 9.53. The summed E-state index contributed by atoms with van der Waals surface area (Å²) in [6.07, 6.45) is 8.26. The van der Waals surface area contributed by atoms with Gasteiger partial charge in [-0.25, -0.2) is 4.99 Å². The quantitative estimate of drug-likeness (QED) is 0.0177. The molecule has 0 amide bonds. The van der Waals surface area contributed by atoms with E-state index in [9.17, 15) is 38.5 Å². The minimum atomic E-state index is -4.74. The van der Waals surface area contributed by atoms with Crippen LogP contribution in [0.2, 0.25) is 0 Å². The molecule has 5 aliphatic heterocycles. The average molecular weight is 1310 g/mol. The van der Waals surface area contributed by atoms with Gasteiger partial charge in [0.2, 0.25) is 5.72 Å². The van der Waals surface area contributed by atoms with E-state index in [0.717, 1.165) is 85.7 Å². The Hall–Kier alpha value is -7.32. The summed E-state index contributed by atoms with van der Waals surface area (Å²) in [6.45, 7) is 6.31. The number of aliphatic hydroxyl groups excluding tert-OH is 3. The average Bonchev–Trinajstić information content (AvgIpc) is 0.890. The highest BCUT2D eigenvalue weighted by atomic mass is 32.2. The third-order valence-electron chi connectivity index (χ3n) is 23.7. The summed E-state index contributed by atoms with van der Waals surface area (Å²) >= 11 is 0. The molecule has 3 fully saturated rings. The predicted octanol–water partition coefficient (Wildman–Crippen LogP) is 14.2. The number of benzene rings is 7. The van der Waals surface area contributed by atoms with Gasteiger partial charge in [0.15, 0.2) is 5.96 Å². The zero-order valence-electron chi connectivity index (χ0n) is 55.4. The van der Waals surface area contributed by atoms with Crippen molar-refractivity contribution in [1.82, 2.24) is 0 Å². The Morgan fingerprint density at radius 1 is 0.802 bits per heavy atom. The fraction of sp³-hybridized carbons (Fsp3) is 0.451. The lowest BCUT2D eigenvalue weighted by Gasteiger charge is -2.57. The number of nitrogens with two attached hydrogens (primary N) is 2. The topological polar surface area (TPSA) is 238 Å². The number of phenolic OH excluding ortho intramolecular Hbond substituents is 1. The lowest BCUT2D eigenvalue weighted by Crippen LogP contribution is -2.60. The highest BCUT2D eigenvalue weighted by molar-refractivity contribution is 7.86. The number of phenols is 1. The number of guanidine groups is 1. The van der Waals surface area contributed by atoms with Gasteiger partial charge in [-0.15, -0.1) is 0 Å². The van der Waals surface area contributed by atoms with Crippen molar-refractivity contribution in [2.45, 2.75) is 176 Å². The monoisotopic (exact) mass is 1310 g/mol. The first-order chi connectivity index (χ1) is 46.2. The van der Waals surface area contributed by atoms with Gasteiger partial charge in [-0.05, 0) is 216 Å². The Bertz CT molecular complexity index is 4240. The van der Waals surface area contributed by atoms with E-state index in [1.165, 1.54) is 0 Å². The number of aryl methyl sites for hydroxylation is 1. The maximum Gasteiger partial charge on any atom is 0.268 e. The first-order valence-corrected chi connectivity index (χ1v) is 36.7. The number of rotatable bonds is 13. The Balaban J connectivity index is 0.870. The molecule has 13 nitrogen and oxygen atoms in total. The van der Waals surface area contributed by atoms with Gasteiger partial charge in [0, 0.05) is 53.9 Å². The molecule has 17 atom stereocenters. The Morgan fingerprint density at radius 3 is 2.31 bits per heavy atom. The van der Waals surface area contributed by atoms with Gasteiger partial charge in [0.25, 0.3) is 10.1 Å². The number of aliphatic imine (C=N–C) groups is 1. The largest absolute Gasteiger partial charge is 0.508 e. The van der Waals surface area contributed by atoms with E-state index in [1.54, 1.807) is 12.1 Å². The van der Waals surface area contributed by atoms with Gasteiger partial charge >= 0.3 is 0 Å². The Kier molecular flexibility index (Phi) is 18.4. The van der Waals surface area contributed by atoms with Crippen LogP contribution in [0.3, 0.4) is 0 Å². The van der Waals surface area contributed by atoms with Crippen molar-refractivity contribution in [3.05, 3.63) is 225 Å². The molecule has 14 heteroatoms. The SMILES string of the molecule is CC(C)CC(O)c1ccc2ccccc2c1CC(O)c1ccc(C2CCC3CCC(C4(N=C(N)N)Oc5ccc6c(c5)CCC(C)C6CC(S(=O)(=O)O)C5C=C6CC(CC7CC(CO)CC#Cc8cc(O)ccc8C6O7)C5c5ccc4cc5)C(Cc4ccccc4)C3(O)C2)cc1. The van der Waals surface area contributed by atoms with E-state index < -0.39 is 68.7 Å². The summed E-state index contributed by atoms with van der Waals surface area (Å²) in [7, 11) is -4.74. The van der Waals surface area contributed by atoms with E-state index in [4.69, 9.17) is 25.9 Å². The van der Waals surface area contributed by atoms with Crippen LogP contribution >= 0.6 is 0 Å². The van der Waals surface area contributed by atoms with Gasteiger partial charge in [-0.2, -0.15) is 8.42 Å².